The van der Waals surface area contributed by atoms with Crippen LogP contribution in [0.15, 0.2) is 54.6 Å². The molecule has 1 amide bonds. The Morgan fingerprint density at radius 1 is 0.889 bits per heavy atom. The number of carbonyl (C=O) groups excluding carboxylic acids is 1. The first-order chi connectivity index (χ1) is 16.9. The molecule has 2 heterocycles. The van der Waals surface area contributed by atoms with Crippen LogP contribution in [-0.2, 0) is 17.1 Å². The van der Waals surface area contributed by atoms with Gasteiger partial charge in [-0.1, -0.05) is 24.3 Å². The molecule has 1 saturated heterocycles. The molecular formula is C25H22F6N4O. The molecule has 0 aliphatic carbocycles. The molecule has 0 bridgehead atoms. The van der Waals surface area contributed by atoms with E-state index in [9.17, 15) is 31.1 Å². The summed E-state index contributed by atoms with van der Waals surface area (Å²) < 4.78 is 78.5. The van der Waals surface area contributed by atoms with Crippen LogP contribution < -0.4 is 10.2 Å². The molecule has 0 radical (unpaired) electrons. The van der Waals surface area contributed by atoms with Crippen molar-refractivity contribution in [2.75, 3.05) is 23.3 Å². The summed E-state index contributed by atoms with van der Waals surface area (Å²) in [5.74, 6) is -0.564. The number of anilines is 2. The number of halogens is 6. The van der Waals surface area contributed by atoms with Crippen molar-refractivity contribution in [1.29, 1.82) is 0 Å². The van der Waals surface area contributed by atoms with Crippen LogP contribution in [0, 0.1) is 12.8 Å². The van der Waals surface area contributed by atoms with E-state index >= 15 is 0 Å². The molecule has 1 aliphatic rings. The van der Waals surface area contributed by atoms with Gasteiger partial charge in [-0.2, -0.15) is 26.3 Å². The van der Waals surface area contributed by atoms with E-state index in [-0.39, 0.29) is 6.07 Å². The first-order valence-corrected chi connectivity index (χ1v) is 11.2. The highest BCUT2D eigenvalue weighted by Crippen LogP contribution is 2.38. The molecule has 1 aliphatic heterocycles. The van der Waals surface area contributed by atoms with Gasteiger partial charge in [-0.3, -0.25) is 4.79 Å². The van der Waals surface area contributed by atoms with E-state index in [1.54, 1.807) is 0 Å². The number of nitrogens with zero attached hydrogens (tertiary/aromatic N) is 3. The van der Waals surface area contributed by atoms with E-state index in [0.717, 1.165) is 16.8 Å². The maximum absolute atomic E-state index is 13.1. The van der Waals surface area contributed by atoms with E-state index < -0.39 is 41.0 Å². The average Bonchev–Trinajstić information content (AvgIpc) is 2.83. The van der Waals surface area contributed by atoms with Gasteiger partial charge in [0.2, 0.25) is 5.91 Å². The highest BCUT2D eigenvalue weighted by atomic mass is 19.4. The summed E-state index contributed by atoms with van der Waals surface area (Å²) in [7, 11) is 0. The van der Waals surface area contributed by atoms with Crippen LogP contribution in [-0.4, -0.2) is 29.2 Å². The van der Waals surface area contributed by atoms with E-state index in [1.165, 1.54) is 0 Å². The smallest absolute Gasteiger partial charge is 0.355 e. The number of rotatable bonds is 4. The van der Waals surface area contributed by atoms with E-state index in [4.69, 9.17) is 0 Å². The fourth-order valence-electron chi connectivity index (χ4n) is 4.14. The minimum Gasteiger partial charge on any atom is -0.355 e. The van der Waals surface area contributed by atoms with Gasteiger partial charge in [0.25, 0.3) is 0 Å². The second-order valence-electron chi connectivity index (χ2n) is 8.64. The molecule has 1 fully saturated rings. The molecule has 190 valence electrons. The Labute approximate surface area is 203 Å². The minimum absolute atomic E-state index is 0.0273. The van der Waals surface area contributed by atoms with Crippen molar-refractivity contribution in [2.24, 2.45) is 5.92 Å². The Bertz CT molecular complexity index is 1200. The maximum atomic E-state index is 13.1. The van der Waals surface area contributed by atoms with Crippen LogP contribution in [0.3, 0.4) is 0 Å². The summed E-state index contributed by atoms with van der Waals surface area (Å²) in [4.78, 5) is 14.6. The third-order valence-electron chi connectivity index (χ3n) is 6.12. The summed E-state index contributed by atoms with van der Waals surface area (Å²) in [6.07, 6.45) is -9.25. The summed E-state index contributed by atoms with van der Waals surface area (Å²) in [5, 5.41) is 10.8. The molecule has 5 nitrogen and oxygen atoms in total. The number of amides is 1. The average molecular weight is 508 g/mol. The molecular weight excluding hydrogens is 486 g/mol. The standard InChI is InChI=1S/C25H22F6N4O/c1-15-4-2-3-5-20(15)21-6-7-22(34-33-21)35-10-8-16(9-11-35)23(36)32-19-13-17(24(26,27)28)12-18(14-19)25(29,30)31/h2-7,12-14,16H,8-11H2,1H3,(H,32,36). The Balaban J connectivity index is 1.40. The number of aryl methyl sites for hydroxylation is 1. The van der Waals surface area contributed by atoms with Crippen LogP contribution >= 0.6 is 0 Å². The zero-order valence-corrected chi connectivity index (χ0v) is 19.1. The number of aromatic nitrogens is 2. The lowest BCUT2D eigenvalue weighted by molar-refractivity contribution is -0.143. The second-order valence-corrected chi connectivity index (χ2v) is 8.64. The highest BCUT2D eigenvalue weighted by Gasteiger charge is 2.37. The van der Waals surface area contributed by atoms with Gasteiger partial charge in [0.05, 0.1) is 16.8 Å². The number of hydrogen-bond acceptors (Lipinski definition) is 4. The third kappa shape index (κ3) is 5.77. The van der Waals surface area contributed by atoms with Crippen LogP contribution in [0.1, 0.15) is 29.5 Å². The zero-order valence-electron chi connectivity index (χ0n) is 19.1. The van der Waals surface area contributed by atoms with Gasteiger partial charge in [0.15, 0.2) is 5.82 Å². The second kappa shape index (κ2) is 9.79. The summed E-state index contributed by atoms with van der Waals surface area (Å²) in [6.45, 7) is 2.85. The van der Waals surface area contributed by atoms with Gasteiger partial charge in [0.1, 0.15) is 0 Å². The highest BCUT2D eigenvalue weighted by molar-refractivity contribution is 5.93. The fourth-order valence-corrected chi connectivity index (χ4v) is 4.14. The number of carbonyl (C=O) groups is 1. The predicted molar refractivity (Wildman–Crippen MR) is 122 cm³/mol. The molecule has 0 spiro atoms. The molecule has 1 aromatic heterocycles. The van der Waals surface area contributed by atoms with Gasteiger partial charge >= 0.3 is 12.4 Å². The lowest BCUT2D eigenvalue weighted by atomic mass is 9.95. The lowest BCUT2D eigenvalue weighted by Crippen LogP contribution is -2.38. The van der Waals surface area contributed by atoms with Gasteiger partial charge in [0, 0.05) is 30.3 Å². The van der Waals surface area contributed by atoms with Crippen molar-refractivity contribution < 1.29 is 31.1 Å². The minimum atomic E-state index is -4.98. The van der Waals surface area contributed by atoms with E-state index in [2.05, 4.69) is 15.5 Å². The summed E-state index contributed by atoms with van der Waals surface area (Å²) in [6, 6.07) is 12.5. The normalized spacial score (nSPS) is 15.1. The van der Waals surface area contributed by atoms with Crippen LogP contribution in [0.25, 0.3) is 11.3 Å². The molecule has 0 atom stereocenters. The van der Waals surface area contributed by atoms with E-state index in [0.29, 0.717) is 43.9 Å². The maximum Gasteiger partial charge on any atom is 0.416 e. The number of alkyl halides is 6. The van der Waals surface area contributed by atoms with Crippen molar-refractivity contribution >= 4 is 17.4 Å². The van der Waals surface area contributed by atoms with Crippen molar-refractivity contribution in [1.82, 2.24) is 10.2 Å². The quantitative estimate of drug-likeness (QED) is 0.418. The Morgan fingerprint density at radius 2 is 1.50 bits per heavy atom. The molecule has 3 aromatic rings. The number of nitrogens with one attached hydrogen (secondary N) is 1. The van der Waals surface area contributed by atoms with E-state index in [1.807, 2.05) is 48.2 Å². The zero-order chi connectivity index (χ0) is 26.1. The molecule has 0 saturated carbocycles. The number of benzene rings is 2. The van der Waals surface area contributed by atoms with Gasteiger partial charge in [-0.25, -0.2) is 0 Å². The monoisotopic (exact) mass is 508 g/mol. The van der Waals surface area contributed by atoms with Crippen LogP contribution in [0.4, 0.5) is 37.8 Å². The van der Waals surface area contributed by atoms with Crippen molar-refractivity contribution in [3.63, 3.8) is 0 Å². The predicted octanol–water partition coefficient (Wildman–Crippen LogP) is 6.34. The Morgan fingerprint density at radius 3 is 2.03 bits per heavy atom. The largest absolute Gasteiger partial charge is 0.416 e. The molecule has 1 N–H and O–H groups in total. The first kappa shape index (κ1) is 25.5. The third-order valence-corrected chi connectivity index (χ3v) is 6.12. The molecule has 11 heteroatoms. The molecule has 4 rings (SSSR count). The van der Waals surface area contributed by atoms with Crippen LogP contribution in [0.2, 0.25) is 0 Å². The van der Waals surface area contributed by atoms with Crippen molar-refractivity contribution in [3.8, 4) is 11.3 Å². The van der Waals surface area contributed by atoms with Gasteiger partial charge in [-0.05, 0) is 55.7 Å². The number of hydrogen-bond donors (Lipinski definition) is 1. The SMILES string of the molecule is Cc1ccccc1-c1ccc(N2CCC(C(=O)Nc3cc(C(F)(F)F)cc(C(F)(F)F)c3)CC2)nn1. The summed E-state index contributed by atoms with van der Waals surface area (Å²) in [5.41, 5.74) is -0.734. The van der Waals surface area contributed by atoms with Crippen molar-refractivity contribution in [3.05, 3.63) is 71.3 Å². The molecule has 0 unspecified atom stereocenters. The van der Waals surface area contributed by atoms with Gasteiger partial charge < -0.3 is 10.2 Å². The molecule has 2 aromatic carbocycles. The lowest BCUT2D eigenvalue weighted by Gasteiger charge is -2.32. The van der Waals surface area contributed by atoms with Gasteiger partial charge in [-0.15, -0.1) is 10.2 Å². The van der Waals surface area contributed by atoms with Crippen LogP contribution in [0.5, 0.6) is 0 Å². The molecule has 36 heavy (non-hydrogen) atoms. The number of piperidine rings is 1. The summed E-state index contributed by atoms with van der Waals surface area (Å²) >= 11 is 0. The first-order valence-electron chi connectivity index (χ1n) is 11.2. The fraction of sp³-hybridized carbons (Fsp3) is 0.320. The Hall–Kier alpha value is -3.63. The van der Waals surface area contributed by atoms with Crippen molar-refractivity contribution in [2.45, 2.75) is 32.1 Å². The Kier molecular flexibility index (Phi) is 6.92. The topological polar surface area (TPSA) is 58.1 Å².